The van der Waals surface area contributed by atoms with Crippen molar-refractivity contribution in [1.82, 2.24) is 0 Å². The van der Waals surface area contributed by atoms with E-state index in [1.807, 2.05) is 0 Å². The standard InChI is InChI=1S/C57H42N2/c1-57(2)51-25-12-13-26-53(51)59(54-35-31-45(38-52(54)57)49-24-14-21-42-18-8-10-22-48(42)49)56-50-23-11-9-19-43(50)30-36-55(56)58(47-34-29-40-17-6-7-20-44(40)37-47)46-32-27-41(28-33-46)39-15-4-3-5-16-39/h3-38H,1-2H3. The topological polar surface area (TPSA) is 6.48 Å². The van der Waals surface area contributed by atoms with Gasteiger partial charge in [-0.2, -0.15) is 0 Å². The number of benzene rings is 10. The van der Waals surface area contributed by atoms with Crippen molar-refractivity contribution in [2.24, 2.45) is 0 Å². The molecule has 0 saturated heterocycles. The third-order valence-corrected chi connectivity index (χ3v) is 12.4. The van der Waals surface area contributed by atoms with Crippen LogP contribution in [-0.2, 0) is 5.41 Å². The molecule has 2 nitrogen and oxygen atoms in total. The largest absolute Gasteiger partial charge is 0.308 e. The summed E-state index contributed by atoms with van der Waals surface area (Å²) in [6.45, 7) is 4.77. The number of fused-ring (bicyclic) bond motifs is 5. The van der Waals surface area contributed by atoms with Crippen LogP contribution in [-0.4, -0.2) is 0 Å². The molecular formula is C57H42N2. The number of anilines is 6. The fourth-order valence-electron chi connectivity index (χ4n) is 9.42. The summed E-state index contributed by atoms with van der Waals surface area (Å²) in [6, 6.07) is 80.1. The van der Waals surface area contributed by atoms with Crippen LogP contribution < -0.4 is 9.80 Å². The molecule has 0 unspecified atom stereocenters. The molecule has 59 heavy (non-hydrogen) atoms. The Morgan fingerprint density at radius 1 is 0.373 bits per heavy atom. The number of hydrogen-bond acceptors (Lipinski definition) is 2. The summed E-state index contributed by atoms with van der Waals surface area (Å²) in [5.41, 5.74) is 14.0. The number of rotatable bonds is 6. The van der Waals surface area contributed by atoms with E-state index < -0.39 is 0 Å². The molecule has 11 rings (SSSR count). The Balaban J connectivity index is 1.18. The summed E-state index contributed by atoms with van der Waals surface area (Å²) in [6.07, 6.45) is 0. The molecule has 0 radical (unpaired) electrons. The van der Waals surface area contributed by atoms with Gasteiger partial charge in [0, 0.05) is 22.2 Å². The predicted octanol–water partition coefficient (Wildman–Crippen LogP) is 16.1. The van der Waals surface area contributed by atoms with E-state index in [0.717, 1.165) is 22.7 Å². The minimum atomic E-state index is -0.265. The van der Waals surface area contributed by atoms with Crippen LogP contribution in [0.2, 0.25) is 0 Å². The summed E-state index contributed by atoms with van der Waals surface area (Å²) in [5, 5.41) is 7.32. The van der Waals surface area contributed by atoms with E-state index in [9.17, 15) is 0 Å². The third-order valence-electron chi connectivity index (χ3n) is 12.4. The van der Waals surface area contributed by atoms with Crippen LogP contribution in [0.15, 0.2) is 218 Å². The van der Waals surface area contributed by atoms with Gasteiger partial charge in [-0.25, -0.2) is 0 Å². The molecule has 0 fully saturated rings. The van der Waals surface area contributed by atoms with Gasteiger partial charge in [0.2, 0.25) is 0 Å². The maximum Gasteiger partial charge on any atom is 0.0781 e. The van der Waals surface area contributed by atoms with Gasteiger partial charge in [-0.05, 0) is 109 Å². The molecule has 0 spiro atoms. The van der Waals surface area contributed by atoms with Gasteiger partial charge >= 0.3 is 0 Å². The molecule has 10 aromatic rings. The summed E-state index contributed by atoms with van der Waals surface area (Å²) >= 11 is 0. The average Bonchev–Trinajstić information content (AvgIpc) is 3.30. The van der Waals surface area contributed by atoms with Crippen LogP contribution in [0.3, 0.4) is 0 Å². The third kappa shape index (κ3) is 5.79. The zero-order chi connectivity index (χ0) is 39.5. The van der Waals surface area contributed by atoms with Crippen LogP contribution in [0.1, 0.15) is 25.0 Å². The minimum Gasteiger partial charge on any atom is -0.308 e. The minimum absolute atomic E-state index is 0.265. The van der Waals surface area contributed by atoms with E-state index in [-0.39, 0.29) is 5.41 Å². The van der Waals surface area contributed by atoms with Gasteiger partial charge in [-0.15, -0.1) is 0 Å². The van der Waals surface area contributed by atoms with E-state index in [4.69, 9.17) is 0 Å². The summed E-state index contributed by atoms with van der Waals surface area (Å²) in [5.74, 6) is 0. The van der Waals surface area contributed by atoms with Crippen molar-refractivity contribution in [3.8, 4) is 22.3 Å². The first-order valence-corrected chi connectivity index (χ1v) is 20.5. The van der Waals surface area contributed by atoms with Gasteiger partial charge in [0.25, 0.3) is 0 Å². The van der Waals surface area contributed by atoms with Crippen molar-refractivity contribution in [2.75, 3.05) is 9.80 Å². The van der Waals surface area contributed by atoms with E-state index >= 15 is 0 Å². The van der Waals surface area contributed by atoms with Gasteiger partial charge in [0.05, 0.1) is 22.7 Å². The van der Waals surface area contributed by atoms with Gasteiger partial charge in [-0.3, -0.25) is 0 Å². The fraction of sp³-hybridized carbons (Fsp3) is 0.0526. The Bertz CT molecular complexity index is 3190. The summed E-state index contributed by atoms with van der Waals surface area (Å²) in [7, 11) is 0. The predicted molar refractivity (Wildman–Crippen MR) is 251 cm³/mol. The number of para-hydroxylation sites is 1. The Labute approximate surface area is 345 Å². The molecule has 10 aromatic carbocycles. The van der Waals surface area contributed by atoms with Crippen molar-refractivity contribution in [3.63, 3.8) is 0 Å². The lowest BCUT2D eigenvalue weighted by atomic mass is 9.72. The van der Waals surface area contributed by atoms with E-state index in [1.54, 1.807) is 0 Å². The highest BCUT2D eigenvalue weighted by atomic mass is 15.2. The lowest BCUT2D eigenvalue weighted by Gasteiger charge is -2.44. The Morgan fingerprint density at radius 3 is 1.76 bits per heavy atom. The second-order valence-electron chi connectivity index (χ2n) is 16.2. The lowest BCUT2D eigenvalue weighted by Crippen LogP contribution is -2.31. The molecule has 1 aliphatic rings. The SMILES string of the molecule is CC1(C)c2ccccc2N(c2c(N(c3ccc(-c4ccccc4)cc3)c3ccc4ccccc4c3)ccc3ccccc23)c2ccc(-c3cccc4ccccc34)cc21. The van der Waals surface area contributed by atoms with Crippen LogP contribution >= 0.6 is 0 Å². The zero-order valence-corrected chi connectivity index (χ0v) is 33.2. The van der Waals surface area contributed by atoms with Gasteiger partial charge in [-0.1, -0.05) is 184 Å². The van der Waals surface area contributed by atoms with Crippen LogP contribution in [0.4, 0.5) is 34.1 Å². The monoisotopic (exact) mass is 754 g/mol. The molecule has 0 atom stereocenters. The molecule has 0 N–H and O–H groups in total. The van der Waals surface area contributed by atoms with Crippen molar-refractivity contribution >= 4 is 66.4 Å². The Hall–Kier alpha value is -7.42. The highest BCUT2D eigenvalue weighted by molar-refractivity contribution is 6.09. The van der Waals surface area contributed by atoms with Crippen molar-refractivity contribution in [3.05, 3.63) is 230 Å². The highest BCUT2D eigenvalue weighted by Crippen LogP contribution is 2.57. The highest BCUT2D eigenvalue weighted by Gasteiger charge is 2.39. The smallest absolute Gasteiger partial charge is 0.0781 e. The second-order valence-corrected chi connectivity index (χ2v) is 16.2. The van der Waals surface area contributed by atoms with Crippen molar-refractivity contribution < 1.29 is 0 Å². The lowest BCUT2D eigenvalue weighted by molar-refractivity contribution is 0.632. The Morgan fingerprint density at radius 2 is 0.949 bits per heavy atom. The van der Waals surface area contributed by atoms with E-state index in [0.29, 0.717) is 0 Å². The van der Waals surface area contributed by atoms with Crippen molar-refractivity contribution in [1.29, 1.82) is 0 Å². The Kier molecular flexibility index (Phi) is 8.20. The molecule has 280 valence electrons. The first-order valence-electron chi connectivity index (χ1n) is 20.5. The molecular weight excluding hydrogens is 713 g/mol. The molecule has 0 amide bonds. The molecule has 1 aliphatic heterocycles. The van der Waals surface area contributed by atoms with Crippen LogP contribution in [0.5, 0.6) is 0 Å². The molecule has 0 bridgehead atoms. The maximum absolute atomic E-state index is 2.55. The molecule has 0 aliphatic carbocycles. The van der Waals surface area contributed by atoms with Crippen LogP contribution in [0.25, 0.3) is 54.6 Å². The second kappa shape index (κ2) is 13.9. The van der Waals surface area contributed by atoms with Gasteiger partial charge < -0.3 is 9.80 Å². The summed E-state index contributed by atoms with van der Waals surface area (Å²) in [4.78, 5) is 5.00. The van der Waals surface area contributed by atoms with Gasteiger partial charge in [0.15, 0.2) is 0 Å². The zero-order valence-electron chi connectivity index (χ0n) is 33.2. The molecule has 0 saturated carbocycles. The maximum atomic E-state index is 2.55. The van der Waals surface area contributed by atoms with E-state index in [2.05, 4.69) is 242 Å². The fourth-order valence-corrected chi connectivity index (χ4v) is 9.42. The van der Waals surface area contributed by atoms with E-state index in [1.165, 1.54) is 77.1 Å². The van der Waals surface area contributed by atoms with Gasteiger partial charge in [0.1, 0.15) is 0 Å². The van der Waals surface area contributed by atoms with Crippen molar-refractivity contribution in [2.45, 2.75) is 19.3 Å². The van der Waals surface area contributed by atoms with Crippen LogP contribution in [0, 0.1) is 0 Å². The number of hydrogen-bond donors (Lipinski definition) is 0. The first-order chi connectivity index (χ1) is 29.0. The average molecular weight is 755 g/mol. The first kappa shape index (κ1) is 34.8. The molecule has 2 heteroatoms. The summed E-state index contributed by atoms with van der Waals surface area (Å²) < 4.78 is 0. The molecule has 0 aromatic heterocycles. The number of nitrogens with zero attached hydrogens (tertiary/aromatic N) is 2. The quantitative estimate of drug-likeness (QED) is 0.167. The molecule has 1 heterocycles. The normalized spacial score (nSPS) is 13.0.